The van der Waals surface area contributed by atoms with Crippen molar-refractivity contribution >= 4 is 0 Å². The molecule has 0 bridgehead atoms. The van der Waals surface area contributed by atoms with Crippen LogP contribution in [0.15, 0.2) is 11.8 Å². The Morgan fingerprint density at radius 1 is 1.67 bits per heavy atom. The van der Waals surface area contributed by atoms with Gasteiger partial charge in [0.05, 0.1) is 12.6 Å². The van der Waals surface area contributed by atoms with E-state index in [-0.39, 0.29) is 0 Å². The largest absolute Gasteiger partial charge is 0.497 e. The van der Waals surface area contributed by atoms with Crippen molar-refractivity contribution in [1.29, 1.82) is 0 Å². The van der Waals surface area contributed by atoms with Gasteiger partial charge < -0.3 is 10.1 Å². The van der Waals surface area contributed by atoms with E-state index in [0.717, 1.165) is 12.4 Å². The van der Waals surface area contributed by atoms with Crippen molar-refractivity contribution in [2.24, 2.45) is 0 Å². The van der Waals surface area contributed by atoms with Crippen molar-refractivity contribution in [3.05, 3.63) is 11.8 Å². The summed E-state index contributed by atoms with van der Waals surface area (Å²) in [4.78, 5) is 0. The molecule has 0 aromatic carbocycles. The summed E-state index contributed by atoms with van der Waals surface area (Å²) in [6.45, 7) is 3.10. The molecular weight excluding hydrogens is 150 g/mol. The Kier molecular flexibility index (Phi) is 4.15. The number of likely N-dealkylation sites (N-methyl/N-ethyl adjacent to an activating group) is 1. The first-order chi connectivity index (χ1) is 5.88. The quantitative estimate of drug-likeness (QED) is 0.695. The van der Waals surface area contributed by atoms with Crippen LogP contribution in [-0.4, -0.2) is 19.7 Å². The smallest absolute Gasteiger partial charge is 0.109 e. The van der Waals surface area contributed by atoms with Crippen LogP contribution >= 0.6 is 0 Å². The molecule has 1 rings (SSSR count). The lowest BCUT2D eigenvalue weighted by molar-refractivity contribution is 0.167. The molecule has 0 saturated heterocycles. The van der Waals surface area contributed by atoms with Gasteiger partial charge in [0.1, 0.15) is 5.76 Å². The maximum absolute atomic E-state index is 5.58. The molecule has 1 aliphatic rings. The van der Waals surface area contributed by atoms with Gasteiger partial charge in [0.15, 0.2) is 0 Å². The Hall–Kier alpha value is -0.500. The zero-order valence-electron chi connectivity index (χ0n) is 8.10. The third-order valence-electron chi connectivity index (χ3n) is 2.23. The molecule has 1 aliphatic heterocycles. The SMILES string of the molecule is CCCC(NC)C1=CCCCO1. The van der Waals surface area contributed by atoms with Gasteiger partial charge in [-0.2, -0.15) is 0 Å². The van der Waals surface area contributed by atoms with E-state index in [2.05, 4.69) is 18.3 Å². The van der Waals surface area contributed by atoms with Crippen molar-refractivity contribution in [3.63, 3.8) is 0 Å². The van der Waals surface area contributed by atoms with Gasteiger partial charge in [-0.1, -0.05) is 13.3 Å². The van der Waals surface area contributed by atoms with Crippen LogP contribution < -0.4 is 5.32 Å². The van der Waals surface area contributed by atoms with E-state index in [1.54, 1.807) is 0 Å². The lowest BCUT2D eigenvalue weighted by Gasteiger charge is -2.22. The minimum atomic E-state index is 0.440. The second kappa shape index (κ2) is 5.20. The minimum absolute atomic E-state index is 0.440. The third kappa shape index (κ3) is 2.52. The van der Waals surface area contributed by atoms with Crippen LogP contribution in [-0.2, 0) is 4.74 Å². The predicted molar refractivity (Wildman–Crippen MR) is 51.0 cm³/mol. The Balaban J connectivity index is 2.45. The molecule has 0 fully saturated rings. The number of nitrogens with one attached hydrogen (secondary N) is 1. The molecule has 2 nitrogen and oxygen atoms in total. The van der Waals surface area contributed by atoms with Crippen molar-refractivity contribution in [1.82, 2.24) is 5.32 Å². The van der Waals surface area contributed by atoms with Crippen LogP contribution in [0.2, 0.25) is 0 Å². The van der Waals surface area contributed by atoms with Crippen molar-refractivity contribution < 1.29 is 4.74 Å². The highest BCUT2D eigenvalue weighted by Gasteiger charge is 2.14. The second-order valence-electron chi connectivity index (χ2n) is 3.23. The molecule has 0 saturated carbocycles. The van der Waals surface area contributed by atoms with Gasteiger partial charge >= 0.3 is 0 Å². The fraction of sp³-hybridized carbons (Fsp3) is 0.800. The molecule has 0 aliphatic carbocycles. The Morgan fingerprint density at radius 3 is 3.00 bits per heavy atom. The van der Waals surface area contributed by atoms with Gasteiger partial charge in [-0.25, -0.2) is 0 Å². The van der Waals surface area contributed by atoms with Crippen LogP contribution in [0.1, 0.15) is 32.6 Å². The number of hydrogen-bond acceptors (Lipinski definition) is 2. The van der Waals surface area contributed by atoms with Crippen LogP contribution in [0.4, 0.5) is 0 Å². The summed E-state index contributed by atoms with van der Waals surface area (Å²) in [6, 6.07) is 0.440. The number of rotatable bonds is 4. The fourth-order valence-electron chi connectivity index (χ4n) is 1.54. The molecule has 1 atom stereocenters. The Morgan fingerprint density at radius 2 is 2.50 bits per heavy atom. The van der Waals surface area contributed by atoms with Crippen molar-refractivity contribution in [2.75, 3.05) is 13.7 Å². The molecule has 70 valence electrons. The molecule has 12 heavy (non-hydrogen) atoms. The molecule has 0 aromatic heterocycles. The van der Waals surface area contributed by atoms with E-state index in [4.69, 9.17) is 4.74 Å². The van der Waals surface area contributed by atoms with Crippen LogP contribution in [0.3, 0.4) is 0 Å². The summed E-state index contributed by atoms with van der Waals surface area (Å²) in [5.41, 5.74) is 0. The highest BCUT2D eigenvalue weighted by atomic mass is 16.5. The van der Waals surface area contributed by atoms with Crippen LogP contribution in [0, 0.1) is 0 Å². The normalized spacial score (nSPS) is 19.7. The van der Waals surface area contributed by atoms with E-state index >= 15 is 0 Å². The van der Waals surface area contributed by atoms with Crippen LogP contribution in [0.5, 0.6) is 0 Å². The van der Waals surface area contributed by atoms with Gasteiger partial charge in [0.25, 0.3) is 0 Å². The van der Waals surface area contributed by atoms with Gasteiger partial charge in [0, 0.05) is 0 Å². The highest BCUT2D eigenvalue weighted by molar-refractivity contribution is 5.04. The van der Waals surface area contributed by atoms with E-state index in [1.807, 2.05) is 7.05 Å². The molecule has 2 heteroatoms. The summed E-state index contributed by atoms with van der Waals surface area (Å²) in [5, 5.41) is 3.28. The zero-order valence-corrected chi connectivity index (χ0v) is 8.10. The topological polar surface area (TPSA) is 21.3 Å². The van der Waals surface area contributed by atoms with E-state index < -0.39 is 0 Å². The first-order valence-corrected chi connectivity index (χ1v) is 4.88. The minimum Gasteiger partial charge on any atom is -0.497 e. The van der Waals surface area contributed by atoms with E-state index in [0.29, 0.717) is 6.04 Å². The van der Waals surface area contributed by atoms with Crippen molar-refractivity contribution in [3.8, 4) is 0 Å². The lowest BCUT2D eigenvalue weighted by atomic mass is 10.1. The number of allylic oxidation sites excluding steroid dienone is 1. The second-order valence-corrected chi connectivity index (χ2v) is 3.23. The first kappa shape index (κ1) is 9.59. The standard InChI is InChI=1S/C10H19NO/c1-3-6-9(11-2)10-7-4-5-8-12-10/h7,9,11H,3-6,8H2,1-2H3. The van der Waals surface area contributed by atoms with Gasteiger partial charge in [-0.05, 0) is 32.4 Å². The number of hydrogen-bond donors (Lipinski definition) is 1. The highest BCUT2D eigenvalue weighted by Crippen LogP contribution is 2.16. The summed E-state index contributed by atoms with van der Waals surface area (Å²) < 4.78 is 5.58. The molecule has 0 amide bonds. The first-order valence-electron chi connectivity index (χ1n) is 4.88. The maximum Gasteiger partial charge on any atom is 0.109 e. The lowest BCUT2D eigenvalue weighted by Crippen LogP contribution is -2.29. The van der Waals surface area contributed by atoms with Gasteiger partial charge in [-0.3, -0.25) is 0 Å². The monoisotopic (exact) mass is 169 g/mol. The van der Waals surface area contributed by atoms with Gasteiger partial charge in [-0.15, -0.1) is 0 Å². The number of ether oxygens (including phenoxy) is 1. The maximum atomic E-state index is 5.58. The molecule has 1 heterocycles. The van der Waals surface area contributed by atoms with E-state index in [9.17, 15) is 0 Å². The van der Waals surface area contributed by atoms with E-state index in [1.165, 1.54) is 25.7 Å². The van der Waals surface area contributed by atoms with Crippen LogP contribution in [0.25, 0.3) is 0 Å². The Bertz CT molecular complexity index is 154. The predicted octanol–water partition coefficient (Wildman–Crippen LogP) is 2.07. The summed E-state index contributed by atoms with van der Waals surface area (Å²) in [7, 11) is 2.00. The zero-order chi connectivity index (χ0) is 8.81. The van der Waals surface area contributed by atoms with Crippen molar-refractivity contribution in [2.45, 2.75) is 38.6 Å². The Labute approximate surface area is 75.0 Å². The molecule has 0 aromatic rings. The molecule has 0 spiro atoms. The average molecular weight is 169 g/mol. The molecular formula is C10H19NO. The summed E-state index contributed by atoms with van der Waals surface area (Å²) in [5.74, 6) is 1.16. The molecule has 1 unspecified atom stereocenters. The molecule has 0 radical (unpaired) electrons. The summed E-state index contributed by atoms with van der Waals surface area (Å²) >= 11 is 0. The fourth-order valence-corrected chi connectivity index (χ4v) is 1.54. The molecule has 1 N–H and O–H groups in total. The van der Waals surface area contributed by atoms with Gasteiger partial charge in [0.2, 0.25) is 0 Å². The third-order valence-corrected chi connectivity index (χ3v) is 2.23. The summed E-state index contributed by atoms with van der Waals surface area (Å²) in [6.07, 6.45) is 6.94. The average Bonchev–Trinajstić information content (AvgIpc) is 2.15.